The van der Waals surface area contributed by atoms with Crippen molar-refractivity contribution in [2.45, 2.75) is 26.7 Å². The molecule has 1 heterocycles. The molecular weight excluding hydrogens is 254 g/mol. The molecule has 0 radical (unpaired) electrons. The Morgan fingerprint density at radius 3 is 2.93 bits per heavy atom. The molecule has 2 rings (SSSR count). The SMILES string of the molecule is CC[C@@H]1C[C@H]1CNc1ncc(Br)c(C)n1. The van der Waals surface area contributed by atoms with E-state index in [-0.39, 0.29) is 0 Å². The van der Waals surface area contributed by atoms with Gasteiger partial charge in [0, 0.05) is 12.7 Å². The number of nitrogens with one attached hydrogen (secondary N) is 1. The van der Waals surface area contributed by atoms with Gasteiger partial charge < -0.3 is 5.32 Å². The zero-order valence-electron chi connectivity index (χ0n) is 9.13. The van der Waals surface area contributed by atoms with Gasteiger partial charge in [0.05, 0.1) is 10.2 Å². The van der Waals surface area contributed by atoms with Crippen LogP contribution in [-0.4, -0.2) is 16.5 Å². The largest absolute Gasteiger partial charge is 0.354 e. The second-order valence-electron chi connectivity index (χ2n) is 4.17. The molecule has 0 saturated heterocycles. The molecule has 82 valence electrons. The van der Waals surface area contributed by atoms with Crippen molar-refractivity contribution in [2.24, 2.45) is 11.8 Å². The van der Waals surface area contributed by atoms with Crippen LogP contribution in [0.5, 0.6) is 0 Å². The molecule has 1 aromatic heterocycles. The molecular formula is C11H16BrN3. The van der Waals surface area contributed by atoms with Crippen LogP contribution in [0.3, 0.4) is 0 Å². The molecule has 1 aromatic rings. The lowest BCUT2D eigenvalue weighted by Crippen LogP contribution is -2.08. The minimum atomic E-state index is 0.748. The highest BCUT2D eigenvalue weighted by Gasteiger charge is 2.34. The normalized spacial score (nSPS) is 23.9. The average molecular weight is 270 g/mol. The van der Waals surface area contributed by atoms with Gasteiger partial charge in [0.2, 0.25) is 5.95 Å². The van der Waals surface area contributed by atoms with Gasteiger partial charge in [-0.05, 0) is 41.1 Å². The van der Waals surface area contributed by atoms with Crippen molar-refractivity contribution < 1.29 is 0 Å². The van der Waals surface area contributed by atoms with Crippen LogP contribution in [0.1, 0.15) is 25.5 Å². The van der Waals surface area contributed by atoms with E-state index < -0.39 is 0 Å². The Labute approximate surface area is 98.8 Å². The molecule has 1 fully saturated rings. The number of aromatic nitrogens is 2. The van der Waals surface area contributed by atoms with E-state index in [4.69, 9.17) is 0 Å². The number of halogens is 1. The molecule has 0 aromatic carbocycles. The fourth-order valence-corrected chi connectivity index (χ4v) is 2.01. The minimum absolute atomic E-state index is 0.748. The highest BCUT2D eigenvalue weighted by molar-refractivity contribution is 9.10. The Balaban J connectivity index is 1.86. The molecule has 0 bridgehead atoms. The van der Waals surface area contributed by atoms with Crippen LogP contribution >= 0.6 is 15.9 Å². The van der Waals surface area contributed by atoms with E-state index in [0.29, 0.717) is 0 Å². The zero-order chi connectivity index (χ0) is 10.8. The van der Waals surface area contributed by atoms with Crippen LogP contribution in [0.15, 0.2) is 10.7 Å². The highest BCUT2D eigenvalue weighted by atomic mass is 79.9. The molecule has 0 amide bonds. The van der Waals surface area contributed by atoms with Gasteiger partial charge in [-0.25, -0.2) is 9.97 Å². The second kappa shape index (κ2) is 4.47. The Bertz CT molecular complexity index is 354. The summed E-state index contributed by atoms with van der Waals surface area (Å²) in [4.78, 5) is 8.57. The molecule has 3 nitrogen and oxygen atoms in total. The number of hydrogen-bond acceptors (Lipinski definition) is 3. The van der Waals surface area contributed by atoms with Crippen molar-refractivity contribution in [1.82, 2.24) is 9.97 Å². The van der Waals surface area contributed by atoms with Gasteiger partial charge in [-0.3, -0.25) is 0 Å². The summed E-state index contributed by atoms with van der Waals surface area (Å²) in [6.45, 7) is 5.24. The third-order valence-corrected chi connectivity index (χ3v) is 3.81. The Kier molecular flexibility index (Phi) is 3.24. The first-order valence-corrected chi connectivity index (χ1v) is 6.23. The molecule has 1 N–H and O–H groups in total. The standard InChI is InChI=1S/C11H16BrN3/c1-3-8-4-9(8)5-13-11-14-6-10(12)7(2)15-11/h6,8-9H,3-5H2,1-2H3,(H,13,14,15)/t8-,9+/m1/s1. The topological polar surface area (TPSA) is 37.8 Å². The first-order chi connectivity index (χ1) is 7.20. The third-order valence-electron chi connectivity index (χ3n) is 3.04. The second-order valence-corrected chi connectivity index (χ2v) is 5.03. The smallest absolute Gasteiger partial charge is 0.222 e. The molecule has 1 aliphatic carbocycles. The highest BCUT2D eigenvalue weighted by Crippen LogP contribution is 2.40. The van der Waals surface area contributed by atoms with Crippen LogP contribution in [0, 0.1) is 18.8 Å². The maximum Gasteiger partial charge on any atom is 0.222 e. The molecule has 0 aliphatic heterocycles. The summed E-state index contributed by atoms with van der Waals surface area (Å²) in [5.74, 6) is 2.51. The van der Waals surface area contributed by atoms with E-state index >= 15 is 0 Å². The van der Waals surface area contributed by atoms with Crippen LogP contribution in [0.4, 0.5) is 5.95 Å². The van der Waals surface area contributed by atoms with Gasteiger partial charge in [0.1, 0.15) is 0 Å². The number of hydrogen-bond donors (Lipinski definition) is 1. The van der Waals surface area contributed by atoms with Gasteiger partial charge in [0.15, 0.2) is 0 Å². The van der Waals surface area contributed by atoms with Crippen LogP contribution in [0.25, 0.3) is 0 Å². The summed E-state index contributed by atoms with van der Waals surface area (Å²) in [6.07, 6.45) is 4.46. The van der Waals surface area contributed by atoms with E-state index in [1.54, 1.807) is 6.20 Å². The van der Waals surface area contributed by atoms with E-state index in [9.17, 15) is 0 Å². The van der Waals surface area contributed by atoms with Crippen molar-refractivity contribution in [1.29, 1.82) is 0 Å². The number of aryl methyl sites for hydroxylation is 1. The Morgan fingerprint density at radius 1 is 1.53 bits per heavy atom. The van der Waals surface area contributed by atoms with E-state index in [0.717, 1.165) is 34.5 Å². The predicted octanol–water partition coefficient (Wildman–Crippen LogP) is 3.01. The molecule has 4 heteroatoms. The van der Waals surface area contributed by atoms with Gasteiger partial charge in [-0.15, -0.1) is 0 Å². The molecule has 1 saturated carbocycles. The van der Waals surface area contributed by atoms with E-state index in [2.05, 4.69) is 38.1 Å². The molecule has 0 spiro atoms. The zero-order valence-corrected chi connectivity index (χ0v) is 10.7. The third kappa shape index (κ3) is 2.68. The number of nitrogens with zero attached hydrogens (tertiary/aromatic N) is 2. The Hall–Kier alpha value is -0.640. The molecule has 2 atom stereocenters. The van der Waals surface area contributed by atoms with E-state index in [1.165, 1.54) is 12.8 Å². The average Bonchev–Trinajstić information content (AvgIpc) is 2.98. The van der Waals surface area contributed by atoms with Crippen LogP contribution in [-0.2, 0) is 0 Å². The fourth-order valence-electron chi connectivity index (χ4n) is 1.82. The van der Waals surface area contributed by atoms with Gasteiger partial charge >= 0.3 is 0 Å². The van der Waals surface area contributed by atoms with Crippen molar-refractivity contribution >= 4 is 21.9 Å². The quantitative estimate of drug-likeness (QED) is 0.913. The van der Waals surface area contributed by atoms with Gasteiger partial charge in [-0.2, -0.15) is 0 Å². The maximum absolute atomic E-state index is 4.35. The van der Waals surface area contributed by atoms with Crippen molar-refractivity contribution in [2.75, 3.05) is 11.9 Å². The minimum Gasteiger partial charge on any atom is -0.354 e. The fraction of sp³-hybridized carbons (Fsp3) is 0.636. The lowest BCUT2D eigenvalue weighted by molar-refractivity contribution is 0.699. The van der Waals surface area contributed by atoms with Crippen molar-refractivity contribution in [3.05, 3.63) is 16.4 Å². The summed E-state index contributed by atoms with van der Waals surface area (Å²) < 4.78 is 0.964. The number of rotatable bonds is 4. The van der Waals surface area contributed by atoms with Crippen molar-refractivity contribution in [3.63, 3.8) is 0 Å². The lowest BCUT2D eigenvalue weighted by Gasteiger charge is -2.05. The summed E-state index contributed by atoms with van der Waals surface area (Å²) in [6, 6.07) is 0. The first kappa shape index (κ1) is 10.9. The monoisotopic (exact) mass is 269 g/mol. The molecule has 1 aliphatic rings. The van der Waals surface area contributed by atoms with Gasteiger partial charge in [0.25, 0.3) is 0 Å². The van der Waals surface area contributed by atoms with E-state index in [1.807, 2.05) is 6.92 Å². The predicted molar refractivity (Wildman–Crippen MR) is 64.8 cm³/mol. The van der Waals surface area contributed by atoms with Crippen LogP contribution < -0.4 is 5.32 Å². The number of anilines is 1. The molecule has 15 heavy (non-hydrogen) atoms. The summed E-state index contributed by atoms with van der Waals surface area (Å²) in [5.41, 5.74) is 0.982. The lowest BCUT2D eigenvalue weighted by atomic mass is 10.2. The van der Waals surface area contributed by atoms with Gasteiger partial charge in [-0.1, -0.05) is 13.3 Å². The van der Waals surface area contributed by atoms with Crippen LogP contribution in [0.2, 0.25) is 0 Å². The maximum atomic E-state index is 4.35. The van der Waals surface area contributed by atoms with Crippen molar-refractivity contribution in [3.8, 4) is 0 Å². The Morgan fingerprint density at radius 2 is 2.33 bits per heavy atom. The summed E-state index contributed by atoms with van der Waals surface area (Å²) in [5, 5.41) is 3.30. The summed E-state index contributed by atoms with van der Waals surface area (Å²) >= 11 is 3.39. The molecule has 0 unspecified atom stereocenters. The first-order valence-electron chi connectivity index (χ1n) is 5.43. The summed E-state index contributed by atoms with van der Waals surface area (Å²) in [7, 11) is 0.